The number of thioether (sulfide) groups is 2. The Morgan fingerprint density at radius 1 is 1.00 bits per heavy atom. The van der Waals surface area contributed by atoms with Crippen molar-refractivity contribution in [3.05, 3.63) is 81.6 Å². The standard InChI is InChI=1S/C20H18O2S2/c1-22-17-10-8-16(9-11-17)19(21)18(20-23-13-14-24-20)12-7-15-5-3-2-4-6-15/h2-12H,13-14H2,1H3/b12-7+. The molecule has 2 aromatic rings. The van der Waals surface area contributed by atoms with E-state index in [1.807, 2.05) is 66.7 Å². The zero-order valence-electron chi connectivity index (χ0n) is 13.4. The predicted octanol–water partition coefficient (Wildman–Crippen LogP) is 5.28. The summed E-state index contributed by atoms with van der Waals surface area (Å²) in [5.74, 6) is 2.92. The van der Waals surface area contributed by atoms with Crippen LogP contribution >= 0.6 is 23.5 Å². The molecule has 24 heavy (non-hydrogen) atoms. The van der Waals surface area contributed by atoms with Crippen LogP contribution in [-0.2, 0) is 0 Å². The van der Waals surface area contributed by atoms with Crippen LogP contribution in [0.4, 0.5) is 0 Å². The van der Waals surface area contributed by atoms with Gasteiger partial charge in [-0.1, -0.05) is 36.4 Å². The fourth-order valence-electron chi connectivity index (χ4n) is 2.34. The van der Waals surface area contributed by atoms with Crippen LogP contribution < -0.4 is 4.74 Å². The van der Waals surface area contributed by atoms with Crippen LogP contribution in [0, 0.1) is 0 Å². The monoisotopic (exact) mass is 354 g/mol. The summed E-state index contributed by atoms with van der Waals surface area (Å²) in [5.41, 5.74) is 2.55. The van der Waals surface area contributed by atoms with Crippen molar-refractivity contribution >= 4 is 35.4 Å². The maximum Gasteiger partial charge on any atom is 0.194 e. The molecule has 1 fully saturated rings. The van der Waals surface area contributed by atoms with E-state index < -0.39 is 0 Å². The van der Waals surface area contributed by atoms with E-state index in [-0.39, 0.29) is 5.78 Å². The van der Waals surface area contributed by atoms with Gasteiger partial charge in [-0.25, -0.2) is 0 Å². The second-order valence-corrected chi connectivity index (χ2v) is 7.67. The molecule has 0 amide bonds. The van der Waals surface area contributed by atoms with E-state index in [1.54, 1.807) is 30.6 Å². The van der Waals surface area contributed by atoms with Gasteiger partial charge in [0.1, 0.15) is 5.75 Å². The molecule has 4 heteroatoms. The van der Waals surface area contributed by atoms with Gasteiger partial charge in [0.2, 0.25) is 0 Å². The third-order valence-corrected chi connectivity index (χ3v) is 6.35. The number of benzene rings is 2. The number of ether oxygens (including phenoxy) is 1. The highest BCUT2D eigenvalue weighted by Crippen LogP contribution is 2.40. The first-order valence-electron chi connectivity index (χ1n) is 7.69. The summed E-state index contributed by atoms with van der Waals surface area (Å²) in [6.45, 7) is 0. The van der Waals surface area contributed by atoms with E-state index in [1.165, 1.54) is 0 Å². The second-order valence-electron chi connectivity index (χ2n) is 5.20. The van der Waals surface area contributed by atoms with Crippen LogP contribution in [0.25, 0.3) is 6.08 Å². The van der Waals surface area contributed by atoms with Crippen molar-refractivity contribution in [3.8, 4) is 5.75 Å². The fourth-order valence-corrected chi connectivity index (χ4v) is 4.85. The maximum atomic E-state index is 13.0. The Bertz CT molecular complexity index is 754. The third kappa shape index (κ3) is 4.13. The highest BCUT2D eigenvalue weighted by molar-refractivity contribution is 8.25. The first kappa shape index (κ1) is 16.9. The molecule has 0 N–H and O–H groups in total. The van der Waals surface area contributed by atoms with E-state index >= 15 is 0 Å². The molecule has 3 rings (SSSR count). The largest absolute Gasteiger partial charge is 0.497 e. The van der Waals surface area contributed by atoms with Crippen molar-refractivity contribution in [1.82, 2.24) is 0 Å². The van der Waals surface area contributed by atoms with Gasteiger partial charge in [0.15, 0.2) is 5.78 Å². The SMILES string of the molecule is COc1ccc(C(=O)C(/C=C/c2ccccc2)=C2SCCS2)cc1. The average molecular weight is 354 g/mol. The third-order valence-electron chi connectivity index (χ3n) is 3.61. The molecule has 0 spiro atoms. The molecule has 0 bridgehead atoms. The first-order chi connectivity index (χ1) is 11.8. The molecular weight excluding hydrogens is 336 g/mol. The molecule has 0 unspecified atom stereocenters. The van der Waals surface area contributed by atoms with E-state index in [9.17, 15) is 4.79 Å². The minimum absolute atomic E-state index is 0.0572. The summed E-state index contributed by atoms with van der Waals surface area (Å²) in [7, 11) is 1.62. The lowest BCUT2D eigenvalue weighted by molar-refractivity contribution is 0.103. The minimum Gasteiger partial charge on any atom is -0.497 e. The molecule has 2 aromatic carbocycles. The zero-order valence-corrected chi connectivity index (χ0v) is 15.0. The van der Waals surface area contributed by atoms with E-state index in [4.69, 9.17) is 4.74 Å². The lowest BCUT2D eigenvalue weighted by Gasteiger charge is -2.07. The lowest BCUT2D eigenvalue weighted by Crippen LogP contribution is -2.03. The average Bonchev–Trinajstić information content (AvgIpc) is 3.17. The molecule has 1 heterocycles. The summed E-state index contributed by atoms with van der Waals surface area (Å²) >= 11 is 3.52. The van der Waals surface area contributed by atoms with Crippen LogP contribution in [0.2, 0.25) is 0 Å². The van der Waals surface area contributed by atoms with Crippen molar-refractivity contribution in [2.45, 2.75) is 0 Å². The minimum atomic E-state index is 0.0572. The number of rotatable bonds is 5. The molecular formula is C20H18O2S2. The number of ketones is 1. The van der Waals surface area contributed by atoms with Gasteiger partial charge in [0.05, 0.1) is 11.3 Å². The number of carbonyl (C=O) groups is 1. The van der Waals surface area contributed by atoms with Crippen LogP contribution in [0.1, 0.15) is 15.9 Å². The molecule has 2 nitrogen and oxygen atoms in total. The van der Waals surface area contributed by atoms with Crippen molar-refractivity contribution in [2.24, 2.45) is 0 Å². The second kappa shape index (κ2) is 8.27. The number of allylic oxidation sites excluding steroid dienone is 2. The summed E-state index contributed by atoms with van der Waals surface area (Å²) in [6, 6.07) is 17.3. The number of hydrogen-bond donors (Lipinski definition) is 0. The summed E-state index contributed by atoms with van der Waals surface area (Å²) < 4.78 is 6.28. The summed E-state index contributed by atoms with van der Waals surface area (Å²) in [5, 5.41) is 0. The van der Waals surface area contributed by atoms with Crippen LogP contribution in [0.5, 0.6) is 5.75 Å². The molecule has 1 aliphatic rings. The molecule has 0 saturated carbocycles. The van der Waals surface area contributed by atoms with E-state index in [0.717, 1.165) is 32.6 Å². The van der Waals surface area contributed by atoms with Gasteiger partial charge in [-0.3, -0.25) is 4.79 Å². The molecule has 1 aliphatic heterocycles. The number of hydrogen-bond acceptors (Lipinski definition) is 4. The van der Waals surface area contributed by atoms with Crippen LogP contribution in [-0.4, -0.2) is 24.4 Å². The molecule has 0 radical (unpaired) electrons. The Kier molecular flexibility index (Phi) is 5.83. The Hall–Kier alpha value is -1.91. The normalized spacial score (nSPS) is 14.1. The van der Waals surface area contributed by atoms with Crippen LogP contribution in [0.3, 0.4) is 0 Å². The van der Waals surface area contributed by atoms with Gasteiger partial charge in [-0.2, -0.15) is 0 Å². The van der Waals surface area contributed by atoms with Crippen molar-refractivity contribution < 1.29 is 9.53 Å². The Morgan fingerprint density at radius 3 is 2.29 bits per heavy atom. The molecule has 0 aromatic heterocycles. The molecule has 0 atom stereocenters. The van der Waals surface area contributed by atoms with E-state index in [2.05, 4.69) is 0 Å². The Balaban J connectivity index is 1.91. The van der Waals surface area contributed by atoms with Gasteiger partial charge in [-0.05, 0) is 35.9 Å². The first-order valence-corrected chi connectivity index (χ1v) is 9.67. The van der Waals surface area contributed by atoms with Gasteiger partial charge in [0, 0.05) is 22.6 Å². The maximum absolute atomic E-state index is 13.0. The van der Waals surface area contributed by atoms with Crippen molar-refractivity contribution in [2.75, 3.05) is 18.6 Å². The van der Waals surface area contributed by atoms with Gasteiger partial charge in [0.25, 0.3) is 0 Å². The summed E-state index contributed by atoms with van der Waals surface area (Å²) in [4.78, 5) is 13.0. The van der Waals surface area contributed by atoms with Gasteiger partial charge in [-0.15, -0.1) is 23.5 Å². The molecule has 0 aliphatic carbocycles. The zero-order chi connectivity index (χ0) is 16.8. The van der Waals surface area contributed by atoms with Gasteiger partial charge < -0.3 is 4.74 Å². The molecule has 1 saturated heterocycles. The highest BCUT2D eigenvalue weighted by atomic mass is 32.2. The Morgan fingerprint density at radius 2 is 1.67 bits per heavy atom. The Labute approximate surface area is 151 Å². The predicted molar refractivity (Wildman–Crippen MR) is 105 cm³/mol. The fraction of sp³-hybridized carbons (Fsp3) is 0.150. The van der Waals surface area contributed by atoms with Crippen molar-refractivity contribution in [1.29, 1.82) is 0 Å². The van der Waals surface area contributed by atoms with Gasteiger partial charge >= 0.3 is 0 Å². The highest BCUT2D eigenvalue weighted by Gasteiger charge is 2.19. The molecule has 122 valence electrons. The topological polar surface area (TPSA) is 26.3 Å². The summed E-state index contributed by atoms with van der Waals surface area (Å²) in [6.07, 6.45) is 3.95. The number of Topliss-reactive ketones (excluding diaryl/α,β-unsaturated/α-hetero) is 1. The lowest BCUT2D eigenvalue weighted by atomic mass is 10.0. The van der Waals surface area contributed by atoms with E-state index in [0.29, 0.717) is 5.56 Å². The number of methoxy groups -OCH3 is 1. The quantitative estimate of drug-likeness (QED) is 0.539. The smallest absolute Gasteiger partial charge is 0.194 e. The van der Waals surface area contributed by atoms with Crippen molar-refractivity contribution in [3.63, 3.8) is 0 Å². The number of carbonyl (C=O) groups excluding carboxylic acids is 1. The van der Waals surface area contributed by atoms with Crippen LogP contribution in [0.15, 0.2) is 70.5 Å².